The maximum Gasteiger partial charge on any atom is 0.123 e. The number of aryl methyl sites for hydroxylation is 1. The van der Waals surface area contributed by atoms with Crippen molar-refractivity contribution in [1.29, 1.82) is 0 Å². The first-order valence-corrected chi connectivity index (χ1v) is 8.21. The Labute approximate surface area is 122 Å². The standard InChI is InChI=1S/C18H26FN/c1-13-11-17(19)8-7-14(13)9-10-20-18-4-2-3-16(12-18)15-5-6-15/h7-8,11,15-16,18,20H,2-6,9-10,12H2,1H3. The van der Waals surface area contributed by atoms with E-state index in [2.05, 4.69) is 5.32 Å². The molecule has 2 fully saturated rings. The molecule has 0 bridgehead atoms. The van der Waals surface area contributed by atoms with E-state index in [4.69, 9.17) is 0 Å². The Morgan fingerprint density at radius 2 is 2.00 bits per heavy atom. The van der Waals surface area contributed by atoms with Crippen LogP contribution in [-0.4, -0.2) is 12.6 Å². The zero-order chi connectivity index (χ0) is 13.9. The van der Waals surface area contributed by atoms with Crippen LogP contribution in [0.2, 0.25) is 0 Å². The van der Waals surface area contributed by atoms with Crippen molar-refractivity contribution in [2.45, 2.75) is 57.9 Å². The Morgan fingerprint density at radius 1 is 1.15 bits per heavy atom. The van der Waals surface area contributed by atoms with Gasteiger partial charge in [0, 0.05) is 6.04 Å². The lowest BCUT2D eigenvalue weighted by atomic mass is 9.82. The summed E-state index contributed by atoms with van der Waals surface area (Å²) in [5.41, 5.74) is 2.35. The van der Waals surface area contributed by atoms with Gasteiger partial charge in [-0.05, 0) is 80.7 Å². The lowest BCUT2D eigenvalue weighted by molar-refractivity contribution is 0.262. The molecule has 3 rings (SSSR count). The van der Waals surface area contributed by atoms with Crippen molar-refractivity contribution < 1.29 is 4.39 Å². The van der Waals surface area contributed by atoms with Crippen LogP contribution in [0.4, 0.5) is 4.39 Å². The topological polar surface area (TPSA) is 12.0 Å². The molecule has 1 aromatic carbocycles. The predicted molar refractivity (Wildman–Crippen MR) is 81.3 cm³/mol. The van der Waals surface area contributed by atoms with Crippen LogP contribution in [0.3, 0.4) is 0 Å². The van der Waals surface area contributed by atoms with Crippen molar-refractivity contribution in [3.8, 4) is 0 Å². The molecule has 0 radical (unpaired) electrons. The van der Waals surface area contributed by atoms with Crippen LogP contribution in [0.1, 0.15) is 49.7 Å². The summed E-state index contributed by atoms with van der Waals surface area (Å²) in [6, 6.07) is 5.86. The van der Waals surface area contributed by atoms with Crippen LogP contribution in [0.15, 0.2) is 18.2 Å². The monoisotopic (exact) mass is 275 g/mol. The van der Waals surface area contributed by atoms with Gasteiger partial charge in [-0.25, -0.2) is 4.39 Å². The van der Waals surface area contributed by atoms with Crippen molar-refractivity contribution in [3.63, 3.8) is 0 Å². The van der Waals surface area contributed by atoms with Gasteiger partial charge in [0.15, 0.2) is 0 Å². The summed E-state index contributed by atoms with van der Waals surface area (Å²) >= 11 is 0. The number of nitrogens with one attached hydrogen (secondary N) is 1. The Bertz CT molecular complexity index is 453. The highest BCUT2D eigenvalue weighted by molar-refractivity contribution is 5.26. The van der Waals surface area contributed by atoms with Crippen molar-refractivity contribution in [2.24, 2.45) is 11.8 Å². The van der Waals surface area contributed by atoms with Gasteiger partial charge in [-0.1, -0.05) is 18.9 Å². The molecule has 2 atom stereocenters. The quantitative estimate of drug-likeness (QED) is 0.847. The Balaban J connectivity index is 1.44. The second-order valence-corrected chi connectivity index (χ2v) is 6.74. The van der Waals surface area contributed by atoms with Crippen molar-refractivity contribution in [1.82, 2.24) is 5.32 Å². The maximum absolute atomic E-state index is 13.1. The molecule has 0 aromatic heterocycles. The van der Waals surface area contributed by atoms with Crippen molar-refractivity contribution in [2.75, 3.05) is 6.54 Å². The molecule has 1 nitrogen and oxygen atoms in total. The molecule has 2 unspecified atom stereocenters. The van der Waals surface area contributed by atoms with E-state index in [0.29, 0.717) is 0 Å². The lowest BCUT2D eigenvalue weighted by Crippen LogP contribution is -2.35. The smallest absolute Gasteiger partial charge is 0.123 e. The minimum absolute atomic E-state index is 0.126. The van der Waals surface area contributed by atoms with Crippen LogP contribution < -0.4 is 5.32 Å². The van der Waals surface area contributed by atoms with E-state index in [-0.39, 0.29) is 5.82 Å². The van der Waals surface area contributed by atoms with Gasteiger partial charge in [-0.3, -0.25) is 0 Å². The Morgan fingerprint density at radius 3 is 2.75 bits per heavy atom. The number of benzene rings is 1. The van der Waals surface area contributed by atoms with Crippen LogP contribution in [0, 0.1) is 24.6 Å². The summed E-state index contributed by atoms with van der Waals surface area (Å²) in [5.74, 6) is 1.92. The molecule has 0 heterocycles. The van der Waals surface area contributed by atoms with E-state index in [9.17, 15) is 4.39 Å². The first-order chi connectivity index (χ1) is 9.72. The molecule has 0 spiro atoms. The van der Waals surface area contributed by atoms with Gasteiger partial charge in [0.25, 0.3) is 0 Å². The van der Waals surface area contributed by atoms with E-state index in [1.54, 1.807) is 12.1 Å². The fraction of sp³-hybridized carbons (Fsp3) is 0.667. The molecule has 0 amide bonds. The summed E-state index contributed by atoms with van der Waals surface area (Å²) in [6.07, 6.45) is 9.54. The highest BCUT2D eigenvalue weighted by Gasteiger charge is 2.34. The molecule has 0 aliphatic heterocycles. The maximum atomic E-state index is 13.1. The van der Waals surface area contributed by atoms with Gasteiger partial charge in [-0.15, -0.1) is 0 Å². The van der Waals surface area contributed by atoms with Crippen molar-refractivity contribution in [3.05, 3.63) is 35.1 Å². The van der Waals surface area contributed by atoms with E-state index < -0.39 is 0 Å². The highest BCUT2D eigenvalue weighted by Crippen LogP contribution is 2.43. The van der Waals surface area contributed by atoms with Gasteiger partial charge in [0.05, 0.1) is 0 Å². The zero-order valence-corrected chi connectivity index (χ0v) is 12.5. The van der Waals surface area contributed by atoms with Crippen LogP contribution in [0.5, 0.6) is 0 Å². The largest absolute Gasteiger partial charge is 0.314 e. The highest BCUT2D eigenvalue weighted by atomic mass is 19.1. The van der Waals surface area contributed by atoms with E-state index in [0.717, 1.165) is 36.4 Å². The summed E-state index contributed by atoms with van der Waals surface area (Å²) in [7, 11) is 0. The van der Waals surface area contributed by atoms with Gasteiger partial charge in [-0.2, -0.15) is 0 Å². The molecule has 110 valence electrons. The first kappa shape index (κ1) is 14.1. The van der Waals surface area contributed by atoms with Crippen LogP contribution >= 0.6 is 0 Å². The summed E-state index contributed by atoms with van der Waals surface area (Å²) in [4.78, 5) is 0. The Kier molecular flexibility index (Phi) is 4.40. The SMILES string of the molecule is Cc1cc(F)ccc1CCNC1CCCC(C2CC2)C1. The average Bonchev–Trinajstić information content (AvgIpc) is 3.26. The van der Waals surface area contributed by atoms with E-state index in [1.807, 2.05) is 13.0 Å². The molecule has 20 heavy (non-hydrogen) atoms. The lowest BCUT2D eigenvalue weighted by Gasteiger charge is -2.30. The van der Waals surface area contributed by atoms with Gasteiger partial charge < -0.3 is 5.32 Å². The number of hydrogen-bond donors (Lipinski definition) is 1. The fourth-order valence-electron chi connectivity index (χ4n) is 3.76. The van der Waals surface area contributed by atoms with E-state index >= 15 is 0 Å². The number of rotatable bonds is 5. The zero-order valence-electron chi connectivity index (χ0n) is 12.5. The number of halogens is 1. The normalized spacial score (nSPS) is 26.7. The summed E-state index contributed by atoms with van der Waals surface area (Å²) in [6.45, 7) is 3.02. The molecule has 2 aliphatic carbocycles. The van der Waals surface area contributed by atoms with Gasteiger partial charge in [0.2, 0.25) is 0 Å². The van der Waals surface area contributed by atoms with Crippen molar-refractivity contribution >= 4 is 0 Å². The Hall–Kier alpha value is -0.890. The molecule has 0 saturated heterocycles. The molecular weight excluding hydrogens is 249 g/mol. The minimum Gasteiger partial charge on any atom is -0.314 e. The molecular formula is C18H26FN. The van der Waals surface area contributed by atoms with Gasteiger partial charge >= 0.3 is 0 Å². The molecule has 2 heteroatoms. The summed E-state index contributed by atoms with van der Waals surface area (Å²) in [5, 5.41) is 3.73. The van der Waals surface area contributed by atoms with Crippen LogP contribution in [0.25, 0.3) is 0 Å². The third-order valence-corrected chi connectivity index (χ3v) is 5.14. The van der Waals surface area contributed by atoms with E-state index in [1.165, 1.54) is 44.1 Å². The minimum atomic E-state index is -0.126. The predicted octanol–water partition coefficient (Wildman–Crippen LogP) is 4.24. The molecule has 2 saturated carbocycles. The molecule has 1 N–H and O–H groups in total. The summed E-state index contributed by atoms with van der Waals surface area (Å²) < 4.78 is 13.1. The molecule has 2 aliphatic rings. The van der Waals surface area contributed by atoms with Gasteiger partial charge in [0.1, 0.15) is 5.82 Å². The van der Waals surface area contributed by atoms with Crippen LogP contribution in [-0.2, 0) is 6.42 Å². The fourth-order valence-corrected chi connectivity index (χ4v) is 3.76. The average molecular weight is 275 g/mol. The number of hydrogen-bond acceptors (Lipinski definition) is 1. The second-order valence-electron chi connectivity index (χ2n) is 6.74. The molecule has 1 aromatic rings. The third kappa shape index (κ3) is 3.60. The second kappa shape index (κ2) is 6.26. The first-order valence-electron chi connectivity index (χ1n) is 8.21. The third-order valence-electron chi connectivity index (χ3n) is 5.14.